The lowest BCUT2D eigenvalue weighted by Gasteiger charge is -2.32. The van der Waals surface area contributed by atoms with Crippen molar-refractivity contribution in [1.29, 1.82) is 0 Å². The highest BCUT2D eigenvalue weighted by Gasteiger charge is 2.35. The van der Waals surface area contributed by atoms with Crippen molar-refractivity contribution in [2.75, 3.05) is 13.1 Å². The molecule has 2 atom stereocenters. The Bertz CT molecular complexity index is 338. The molecule has 1 heterocycles. The van der Waals surface area contributed by atoms with Crippen LogP contribution in [-0.2, 0) is 4.79 Å². The highest BCUT2D eigenvalue weighted by atomic mass is 16.4. The van der Waals surface area contributed by atoms with Crippen LogP contribution in [0.5, 0.6) is 0 Å². The Labute approximate surface area is 114 Å². The smallest absolute Gasteiger partial charge is 0.317 e. The number of carbonyl (C=O) groups is 2. The third-order valence-electron chi connectivity index (χ3n) is 4.62. The summed E-state index contributed by atoms with van der Waals surface area (Å²) in [4.78, 5) is 25.1. The molecule has 0 aromatic rings. The van der Waals surface area contributed by atoms with Crippen molar-refractivity contribution in [1.82, 2.24) is 10.2 Å². The molecule has 0 aromatic carbocycles. The van der Waals surface area contributed by atoms with Gasteiger partial charge in [0.1, 0.15) is 0 Å². The molecule has 2 N–H and O–H groups in total. The third kappa shape index (κ3) is 3.39. The Morgan fingerprint density at radius 1 is 1.21 bits per heavy atom. The van der Waals surface area contributed by atoms with Crippen molar-refractivity contribution < 1.29 is 14.7 Å². The van der Waals surface area contributed by atoms with Crippen molar-refractivity contribution in [3.05, 3.63) is 0 Å². The molecule has 2 unspecified atom stereocenters. The SMILES string of the molecule is CCC1CCN(C(=O)NC2CCCC2C(=O)O)CC1. The van der Waals surface area contributed by atoms with E-state index in [1.165, 1.54) is 6.42 Å². The third-order valence-corrected chi connectivity index (χ3v) is 4.62. The number of piperidine rings is 1. The number of urea groups is 1. The Kier molecular flexibility index (Phi) is 4.66. The maximum atomic E-state index is 12.1. The summed E-state index contributed by atoms with van der Waals surface area (Å²) in [5.74, 6) is -0.452. The summed E-state index contributed by atoms with van der Waals surface area (Å²) in [6, 6.07) is -0.262. The first-order chi connectivity index (χ1) is 9.11. The van der Waals surface area contributed by atoms with Gasteiger partial charge >= 0.3 is 12.0 Å². The molecule has 5 heteroatoms. The minimum Gasteiger partial charge on any atom is -0.481 e. The van der Waals surface area contributed by atoms with Gasteiger partial charge < -0.3 is 15.3 Å². The molecular formula is C14H24N2O3. The molecule has 5 nitrogen and oxygen atoms in total. The van der Waals surface area contributed by atoms with Crippen LogP contribution in [0.25, 0.3) is 0 Å². The Morgan fingerprint density at radius 2 is 1.89 bits per heavy atom. The van der Waals surface area contributed by atoms with Crippen molar-refractivity contribution >= 4 is 12.0 Å². The van der Waals surface area contributed by atoms with E-state index in [4.69, 9.17) is 5.11 Å². The largest absolute Gasteiger partial charge is 0.481 e. The fourth-order valence-electron chi connectivity index (χ4n) is 3.22. The van der Waals surface area contributed by atoms with Crippen LogP contribution in [0.3, 0.4) is 0 Å². The molecule has 108 valence electrons. The summed E-state index contributed by atoms with van der Waals surface area (Å²) in [6.45, 7) is 3.79. The van der Waals surface area contributed by atoms with Gasteiger partial charge in [0.05, 0.1) is 5.92 Å². The van der Waals surface area contributed by atoms with Crippen LogP contribution in [0.15, 0.2) is 0 Å². The predicted octanol–water partition coefficient (Wildman–Crippen LogP) is 2.07. The quantitative estimate of drug-likeness (QED) is 0.823. The van der Waals surface area contributed by atoms with Crippen LogP contribution in [0.4, 0.5) is 4.79 Å². The van der Waals surface area contributed by atoms with E-state index in [1.807, 2.05) is 4.90 Å². The van der Waals surface area contributed by atoms with Gasteiger partial charge in [0, 0.05) is 19.1 Å². The van der Waals surface area contributed by atoms with E-state index in [0.29, 0.717) is 6.42 Å². The lowest BCUT2D eigenvalue weighted by Crippen LogP contribution is -2.49. The normalized spacial score (nSPS) is 28.4. The number of nitrogens with one attached hydrogen (secondary N) is 1. The van der Waals surface area contributed by atoms with E-state index >= 15 is 0 Å². The molecule has 1 aliphatic carbocycles. The first kappa shape index (κ1) is 14.2. The molecule has 2 rings (SSSR count). The first-order valence-corrected chi connectivity index (χ1v) is 7.40. The minimum atomic E-state index is -0.785. The summed E-state index contributed by atoms with van der Waals surface area (Å²) in [7, 11) is 0. The molecule has 1 saturated heterocycles. The highest BCUT2D eigenvalue weighted by Crippen LogP contribution is 2.26. The second kappa shape index (κ2) is 6.26. The number of carboxylic acids is 1. The fraction of sp³-hybridized carbons (Fsp3) is 0.857. The number of rotatable bonds is 3. The maximum Gasteiger partial charge on any atom is 0.317 e. The van der Waals surface area contributed by atoms with E-state index in [1.54, 1.807) is 0 Å². The van der Waals surface area contributed by atoms with Crippen LogP contribution in [0.1, 0.15) is 45.4 Å². The monoisotopic (exact) mass is 268 g/mol. The Balaban J connectivity index is 1.82. The molecule has 1 saturated carbocycles. The number of hydrogen-bond acceptors (Lipinski definition) is 2. The average molecular weight is 268 g/mol. The van der Waals surface area contributed by atoms with E-state index in [2.05, 4.69) is 12.2 Å². The predicted molar refractivity (Wildman–Crippen MR) is 71.9 cm³/mol. The summed E-state index contributed by atoms with van der Waals surface area (Å²) >= 11 is 0. The topological polar surface area (TPSA) is 69.6 Å². The zero-order valence-corrected chi connectivity index (χ0v) is 11.6. The molecule has 0 spiro atoms. The average Bonchev–Trinajstić information content (AvgIpc) is 2.87. The Morgan fingerprint density at radius 3 is 2.47 bits per heavy atom. The summed E-state index contributed by atoms with van der Waals surface area (Å²) in [6.07, 6.45) is 5.67. The van der Waals surface area contributed by atoms with Crippen molar-refractivity contribution in [2.45, 2.75) is 51.5 Å². The fourth-order valence-corrected chi connectivity index (χ4v) is 3.22. The molecule has 1 aliphatic heterocycles. The van der Waals surface area contributed by atoms with Gasteiger partial charge in [-0.25, -0.2) is 4.79 Å². The molecule has 2 fully saturated rings. The number of aliphatic carboxylic acids is 1. The van der Waals surface area contributed by atoms with E-state index in [-0.39, 0.29) is 12.1 Å². The molecule has 2 aliphatic rings. The van der Waals surface area contributed by atoms with Gasteiger partial charge in [-0.2, -0.15) is 0 Å². The van der Waals surface area contributed by atoms with Gasteiger partial charge in [0.15, 0.2) is 0 Å². The highest BCUT2D eigenvalue weighted by molar-refractivity contribution is 5.77. The van der Waals surface area contributed by atoms with E-state index in [0.717, 1.165) is 44.7 Å². The minimum absolute atomic E-state index is 0.0762. The van der Waals surface area contributed by atoms with Crippen LogP contribution in [0, 0.1) is 11.8 Å². The number of carbonyl (C=O) groups excluding carboxylic acids is 1. The Hall–Kier alpha value is -1.26. The maximum absolute atomic E-state index is 12.1. The number of likely N-dealkylation sites (tertiary alicyclic amines) is 1. The van der Waals surface area contributed by atoms with E-state index < -0.39 is 11.9 Å². The molecule has 19 heavy (non-hydrogen) atoms. The first-order valence-electron chi connectivity index (χ1n) is 7.40. The standard InChI is InChI=1S/C14H24N2O3/c1-2-10-6-8-16(9-7-10)14(19)15-12-5-3-4-11(12)13(17)18/h10-12H,2-9H2,1H3,(H,15,19)(H,17,18). The second-order valence-corrected chi connectivity index (χ2v) is 5.77. The number of hydrogen-bond donors (Lipinski definition) is 2. The van der Waals surface area contributed by atoms with Crippen LogP contribution < -0.4 is 5.32 Å². The van der Waals surface area contributed by atoms with Crippen LogP contribution in [0.2, 0.25) is 0 Å². The van der Waals surface area contributed by atoms with Gasteiger partial charge in [0.2, 0.25) is 0 Å². The van der Waals surface area contributed by atoms with Gasteiger partial charge in [-0.15, -0.1) is 0 Å². The van der Waals surface area contributed by atoms with Gasteiger partial charge in [-0.05, 0) is 31.6 Å². The number of amides is 2. The summed E-state index contributed by atoms with van der Waals surface area (Å²) in [5.41, 5.74) is 0. The molecular weight excluding hydrogens is 244 g/mol. The number of nitrogens with zero attached hydrogens (tertiary/aromatic N) is 1. The van der Waals surface area contributed by atoms with Crippen molar-refractivity contribution in [2.24, 2.45) is 11.8 Å². The van der Waals surface area contributed by atoms with Crippen molar-refractivity contribution in [3.63, 3.8) is 0 Å². The van der Waals surface area contributed by atoms with Gasteiger partial charge in [0.25, 0.3) is 0 Å². The molecule has 2 amide bonds. The lowest BCUT2D eigenvalue weighted by molar-refractivity contribution is -0.142. The zero-order valence-electron chi connectivity index (χ0n) is 11.6. The van der Waals surface area contributed by atoms with Crippen LogP contribution in [-0.4, -0.2) is 41.1 Å². The van der Waals surface area contributed by atoms with Gasteiger partial charge in [-0.1, -0.05) is 19.8 Å². The second-order valence-electron chi connectivity index (χ2n) is 5.77. The molecule has 0 bridgehead atoms. The number of carboxylic acid groups (broad SMARTS) is 1. The lowest BCUT2D eigenvalue weighted by atomic mass is 9.94. The molecule has 0 radical (unpaired) electrons. The van der Waals surface area contributed by atoms with E-state index in [9.17, 15) is 9.59 Å². The summed E-state index contributed by atoms with van der Waals surface area (Å²) < 4.78 is 0. The van der Waals surface area contributed by atoms with Crippen LogP contribution >= 0.6 is 0 Å². The van der Waals surface area contributed by atoms with Gasteiger partial charge in [-0.3, -0.25) is 4.79 Å². The van der Waals surface area contributed by atoms with Crippen molar-refractivity contribution in [3.8, 4) is 0 Å². The zero-order chi connectivity index (χ0) is 13.8. The molecule has 0 aromatic heterocycles. The summed E-state index contributed by atoms with van der Waals surface area (Å²) in [5, 5.41) is 12.0.